The van der Waals surface area contributed by atoms with Crippen molar-refractivity contribution in [2.24, 2.45) is 0 Å². The molecule has 12 heteroatoms. The van der Waals surface area contributed by atoms with Crippen LogP contribution >= 0.6 is 0 Å². The SMILES string of the molecule is C=CC(=O)N(CCn1nc(-c2ccc(O)c(C(F)(F)F)c2)c2c(N)ncnc21)C(=O)c1ccccc1. The molecule has 0 spiro atoms. The molecule has 0 aliphatic heterocycles. The fraction of sp³-hybridized carbons (Fsp3) is 0.125. The van der Waals surface area contributed by atoms with Gasteiger partial charge in [0, 0.05) is 17.7 Å². The Kier molecular flexibility index (Phi) is 6.43. The predicted octanol–water partition coefficient (Wildman–Crippen LogP) is 3.65. The number of nitrogens with zero attached hydrogens (tertiary/aromatic N) is 5. The van der Waals surface area contributed by atoms with Crippen molar-refractivity contribution in [2.45, 2.75) is 12.7 Å². The van der Waals surface area contributed by atoms with Crippen LogP contribution in [0.3, 0.4) is 0 Å². The first-order valence-electron chi connectivity index (χ1n) is 10.5. The molecule has 4 rings (SSSR count). The number of carbonyl (C=O) groups excluding carboxylic acids is 2. The Morgan fingerprint density at radius 2 is 1.86 bits per heavy atom. The molecular formula is C24H19F3N6O3. The lowest BCUT2D eigenvalue weighted by atomic mass is 10.0. The third-order valence-corrected chi connectivity index (χ3v) is 5.38. The lowest BCUT2D eigenvalue weighted by molar-refractivity contribution is -0.138. The minimum Gasteiger partial charge on any atom is -0.507 e. The number of amides is 2. The van der Waals surface area contributed by atoms with Gasteiger partial charge in [-0.3, -0.25) is 14.5 Å². The van der Waals surface area contributed by atoms with Gasteiger partial charge in [0.25, 0.3) is 11.8 Å². The van der Waals surface area contributed by atoms with Gasteiger partial charge in [0.2, 0.25) is 0 Å². The summed E-state index contributed by atoms with van der Waals surface area (Å²) in [6.07, 6.45) is -2.63. The van der Waals surface area contributed by atoms with Crippen molar-refractivity contribution in [1.29, 1.82) is 0 Å². The number of hydrogen-bond acceptors (Lipinski definition) is 7. The summed E-state index contributed by atoms with van der Waals surface area (Å²) in [7, 11) is 0. The number of aromatic hydroxyl groups is 1. The Balaban J connectivity index is 1.75. The summed E-state index contributed by atoms with van der Waals surface area (Å²) < 4.78 is 41.4. The quantitative estimate of drug-likeness (QED) is 0.390. The summed E-state index contributed by atoms with van der Waals surface area (Å²) >= 11 is 0. The summed E-state index contributed by atoms with van der Waals surface area (Å²) in [4.78, 5) is 34.4. The van der Waals surface area contributed by atoms with E-state index in [1.165, 1.54) is 17.1 Å². The van der Waals surface area contributed by atoms with Crippen molar-refractivity contribution in [3.05, 3.63) is 78.6 Å². The van der Waals surface area contributed by atoms with Crippen LogP contribution in [0.2, 0.25) is 0 Å². The highest BCUT2D eigenvalue weighted by molar-refractivity contribution is 6.07. The molecule has 4 aromatic rings. The number of alkyl halides is 3. The van der Waals surface area contributed by atoms with Gasteiger partial charge in [-0.25, -0.2) is 14.6 Å². The number of nitrogens with two attached hydrogens (primary N) is 1. The average Bonchev–Trinajstić information content (AvgIpc) is 3.24. The highest BCUT2D eigenvalue weighted by atomic mass is 19.4. The molecule has 2 aromatic carbocycles. The van der Waals surface area contributed by atoms with E-state index in [9.17, 15) is 27.9 Å². The maximum Gasteiger partial charge on any atom is 0.419 e. The summed E-state index contributed by atoms with van der Waals surface area (Å²) in [5.41, 5.74) is 5.30. The lowest BCUT2D eigenvalue weighted by Gasteiger charge is -2.19. The van der Waals surface area contributed by atoms with Crippen LogP contribution in [0.15, 0.2) is 67.5 Å². The van der Waals surface area contributed by atoms with E-state index in [-0.39, 0.29) is 46.8 Å². The largest absolute Gasteiger partial charge is 0.507 e. The maximum absolute atomic E-state index is 13.4. The van der Waals surface area contributed by atoms with E-state index in [0.29, 0.717) is 0 Å². The summed E-state index contributed by atoms with van der Waals surface area (Å²) in [6, 6.07) is 11.1. The van der Waals surface area contributed by atoms with Gasteiger partial charge in [-0.2, -0.15) is 18.3 Å². The van der Waals surface area contributed by atoms with Crippen LogP contribution in [0.25, 0.3) is 22.3 Å². The molecule has 36 heavy (non-hydrogen) atoms. The molecule has 0 bridgehead atoms. The van der Waals surface area contributed by atoms with E-state index in [2.05, 4.69) is 21.6 Å². The standard InChI is InChI=1S/C24H19F3N6O3/c1-2-18(35)32(23(36)14-6-4-3-5-7-14)10-11-33-22-19(21(28)29-13-30-22)20(31-33)15-8-9-17(34)16(12-15)24(25,26)27/h2-9,12-13,34H,1,10-11H2,(H2,28,29,30). The van der Waals surface area contributed by atoms with Gasteiger partial charge in [0.15, 0.2) is 5.65 Å². The molecule has 0 aliphatic rings. The second-order valence-electron chi connectivity index (χ2n) is 7.62. The Morgan fingerprint density at radius 1 is 1.14 bits per heavy atom. The number of rotatable bonds is 6. The molecule has 0 atom stereocenters. The Labute approximate surface area is 202 Å². The van der Waals surface area contributed by atoms with Gasteiger partial charge in [-0.1, -0.05) is 24.8 Å². The molecule has 0 saturated heterocycles. The van der Waals surface area contributed by atoms with Gasteiger partial charge < -0.3 is 10.8 Å². The number of carbonyl (C=O) groups is 2. The fourth-order valence-electron chi connectivity index (χ4n) is 3.65. The number of imide groups is 1. The molecule has 0 aliphatic carbocycles. The number of anilines is 1. The zero-order valence-corrected chi connectivity index (χ0v) is 18.6. The number of benzene rings is 2. The zero-order chi connectivity index (χ0) is 26.0. The molecule has 9 nitrogen and oxygen atoms in total. The summed E-state index contributed by atoms with van der Waals surface area (Å²) in [5, 5.41) is 14.2. The van der Waals surface area contributed by atoms with E-state index >= 15 is 0 Å². The minimum atomic E-state index is -4.80. The molecule has 2 aromatic heterocycles. The number of hydrogen-bond donors (Lipinski definition) is 2. The third kappa shape index (κ3) is 4.60. The fourth-order valence-corrected chi connectivity index (χ4v) is 3.65. The molecule has 0 saturated carbocycles. The van der Waals surface area contributed by atoms with E-state index in [4.69, 9.17) is 5.73 Å². The van der Waals surface area contributed by atoms with Crippen molar-refractivity contribution in [3.63, 3.8) is 0 Å². The van der Waals surface area contributed by atoms with E-state index in [0.717, 1.165) is 23.1 Å². The van der Waals surface area contributed by atoms with Gasteiger partial charge >= 0.3 is 6.18 Å². The molecule has 2 heterocycles. The number of halogens is 3. The first-order chi connectivity index (χ1) is 17.1. The second kappa shape index (κ2) is 9.49. The number of nitrogen functional groups attached to an aromatic ring is 1. The van der Waals surface area contributed by atoms with Crippen molar-refractivity contribution in [3.8, 4) is 17.0 Å². The number of aromatic nitrogens is 4. The van der Waals surface area contributed by atoms with E-state index in [1.54, 1.807) is 30.3 Å². The van der Waals surface area contributed by atoms with Crippen LogP contribution < -0.4 is 5.73 Å². The van der Waals surface area contributed by atoms with Crippen LogP contribution in [0.4, 0.5) is 19.0 Å². The number of phenols is 1. The van der Waals surface area contributed by atoms with E-state index in [1.807, 2.05) is 0 Å². The predicted molar refractivity (Wildman–Crippen MR) is 125 cm³/mol. The van der Waals surface area contributed by atoms with Crippen LogP contribution in [-0.4, -0.2) is 48.1 Å². The minimum absolute atomic E-state index is 0.0183. The van der Waals surface area contributed by atoms with Crippen LogP contribution in [0.5, 0.6) is 5.75 Å². The van der Waals surface area contributed by atoms with Crippen LogP contribution in [0, 0.1) is 0 Å². The normalized spacial score (nSPS) is 11.4. The van der Waals surface area contributed by atoms with E-state index < -0.39 is 29.3 Å². The van der Waals surface area contributed by atoms with Gasteiger partial charge in [0.05, 0.1) is 17.5 Å². The van der Waals surface area contributed by atoms with Crippen LogP contribution in [-0.2, 0) is 17.5 Å². The molecule has 2 amide bonds. The van der Waals surface area contributed by atoms with Gasteiger partial charge in [-0.15, -0.1) is 0 Å². The first-order valence-corrected chi connectivity index (χ1v) is 10.5. The molecule has 184 valence electrons. The summed E-state index contributed by atoms with van der Waals surface area (Å²) in [5.74, 6) is -2.15. The smallest absolute Gasteiger partial charge is 0.419 e. The van der Waals surface area contributed by atoms with Crippen molar-refractivity contribution in [1.82, 2.24) is 24.6 Å². The van der Waals surface area contributed by atoms with Crippen molar-refractivity contribution in [2.75, 3.05) is 12.3 Å². The topological polar surface area (TPSA) is 127 Å². The Bertz CT molecular complexity index is 1470. The molecule has 0 fully saturated rings. The average molecular weight is 496 g/mol. The molecule has 0 radical (unpaired) electrons. The van der Waals surface area contributed by atoms with Gasteiger partial charge in [-0.05, 0) is 36.4 Å². The highest BCUT2D eigenvalue weighted by Crippen LogP contribution is 2.39. The highest BCUT2D eigenvalue weighted by Gasteiger charge is 2.34. The number of fused-ring (bicyclic) bond motifs is 1. The third-order valence-electron chi connectivity index (χ3n) is 5.38. The summed E-state index contributed by atoms with van der Waals surface area (Å²) in [6.45, 7) is 3.25. The molecular weight excluding hydrogens is 477 g/mol. The Hall–Kier alpha value is -4.74. The second-order valence-corrected chi connectivity index (χ2v) is 7.62. The Morgan fingerprint density at radius 3 is 2.53 bits per heavy atom. The van der Waals surface area contributed by atoms with Crippen molar-refractivity contribution >= 4 is 28.7 Å². The monoisotopic (exact) mass is 496 g/mol. The lowest BCUT2D eigenvalue weighted by Crippen LogP contribution is -2.38. The van der Waals surface area contributed by atoms with Crippen LogP contribution in [0.1, 0.15) is 15.9 Å². The molecule has 3 N–H and O–H groups in total. The van der Waals surface area contributed by atoms with Crippen molar-refractivity contribution < 1.29 is 27.9 Å². The maximum atomic E-state index is 13.4. The molecule has 0 unspecified atom stereocenters. The van der Waals surface area contributed by atoms with Gasteiger partial charge in [0.1, 0.15) is 23.6 Å². The first kappa shape index (κ1) is 24.4. The zero-order valence-electron chi connectivity index (χ0n) is 18.6. The number of phenolic OH excluding ortho intramolecular Hbond substituents is 1.